The largest absolute Gasteiger partial charge is 0.485 e. The van der Waals surface area contributed by atoms with E-state index in [-0.39, 0.29) is 17.2 Å². The van der Waals surface area contributed by atoms with E-state index in [1.165, 1.54) is 0 Å². The van der Waals surface area contributed by atoms with Gasteiger partial charge in [-0.15, -0.1) is 0 Å². The van der Waals surface area contributed by atoms with E-state index in [2.05, 4.69) is 5.32 Å². The van der Waals surface area contributed by atoms with Crippen LogP contribution >= 0.6 is 11.6 Å². The fraction of sp³-hybridized carbons (Fsp3) is 0.455. The van der Waals surface area contributed by atoms with E-state index < -0.39 is 5.82 Å². The highest BCUT2D eigenvalue weighted by atomic mass is 35.5. The summed E-state index contributed by atoms with van der Waals surface area (Å²) in [6.45, 7) is 0.966. The van der Waals surface area contributed by atoms with Crippen LogP contribution < -0.4 is 10.1 Å². The third-order valence-corrected chi connectivity index (χ3v) is 3.38. The molecule has 0 saturated carbocycles. The number of piperidine rings is 1. The summed E-state index contributed by atoms with van der Waals surface area (Å²) < 4.78 is 19.3. The molecule has 0 aliphatic carbocycles. The van der Waals surface area contributed by atoms with Crippen molar-refractivity contribution in [2.45, 2.75) is 25.0 Å². The molecular weight excluding hydrogens is 217 g/mol. The Morgan fingerprint density at radius 2 is 2.33 bits per heavy atom. The van der Waals surface area contributed by atoms with E-state index in [9.17, 15) is 4.39 Å². The number of hydrogen-bond acceptors (Lipinski definition) is 2. The van der Waals surface area contributed by atoms with Crippen molar-refractivity contribution in [3.8, 4) is 5.75 Å². The highest BCUT2D eigenvalue weighted by molar-refractivity contribution is 6.30. The standard InChI is InChI=1S/C11H11ClFNO/c12-7-4-3-6-10-8(2-1-5-14-10)15-11(6)9(7)13/h3-4,8,10,14H,1-2,5H2/t8-,10-/m0/s1. The van der Waals surface area contributed by atoms with Crippen molar-refractivity contribution < 1.29 is 9.13 Å². The molecule has 15 heavy (non-hydrogen) atoms. The lowest BCUT2D eigenvalue weighted by Crippen LogP contribution is -2.36. The zero-order valence-corrected chi connectivity index (χ0v) is 8.85. The van der Waals surface area contributed by atoms with E-state index in [4.69, 9.17) is 16.3 Å². The summed E-state index contributed by atoms with van der Waals surface area (Å²) in [5, 5.41) is 3.48. The molecule has 0 bridgehead atoms. The van der Waals surface area contributed by atoms with Gasteiger partial charge in [0.25, 0.3) is 0 Å². The van der Waals surface area contributed by atoms with Crippen molar-refractivity contribution in [2.24, 2.45) is 0 Å². The Bertz CT molecular complexity index is 410. The molecule has 4 heteroatoms. The summed E-state index contributed by atoms with van der Waals surface area (Å²) in [7, 11) is 0. The van der Waals surface area contributed by atoms with Gasteiger partial charge in [-0.2, -0.15) is 0 Å². The van der Waals surface area contributed by atoms with Crippen LogP contribution in [0.5, 0.6) is 5.75 Å². The molecule has 0 amide bonds. The SMILES string of the molecule is Fc1c(Cl)ccc2c1O[C@H]1CCCN[C@@H]21. The first-order chi connectivity index (χ1) is 7.27. The summed E-state index contributed by atoms with van der Waals surface area (Å²) in [6, 6.07) is 3.59. The molecule has 2 nitrogen and oxygen atoms in total. The van der Waals surface area contributed by atoms with Crippen molar-refractivity contribution in [1.29, 1.82) is 0 Å². The predicted octanol–water partition coefficient (Wildman–Crippen LogP) is 2.66. The second-order valence-electron chi connectivity index (χ2n) is 4.01. The van der Waals surface area contributed by atoms with Gasteiger partial charge >= 0.3 is 0 Å². The van der Waals surface area contributed by atoms with Crippen LogP contribution in [-0.2, 0) is 0 Å². The van der Waals surface area contributed by atoms with Gasteiger partial charge in [0.1, 0.15) is 6.10 Å². The average Bonchev–Trinajstić information content (AvgIpc) is 2.63. The summed E-state index contributed by atoms with van der Waals surface area (Å²) in [5.41, 5.74) is 0.904. The minimum absolute atomic E-state index is 0.0710. The van der Waals surface area contributed by atoms with Gasteiger partial charge in [-0.25, -0.2) is 4.39 Å². The molecule has 2 aliphatic rings. The first kappa shape index (κ1) is 9.43. The Morgan fingerprint density at radius 1 is 1.47 bits per heavy atom. The Kier molecular flexibility index (Phi) is 2.11. The van der Waals surface area contributed by atoms with E-state index in [1.807, 2.05) is 6.07 Å². The molecule has 0 unspecified atom stereocenters. The van der Waals surface area contributed by atoms with Gasteiger partial charge in [-0.3, -0.25) is 0 Å². The molecule has 1 aromatic rings. The molecule has 0 aromatic heterocycles. The molecule has 1 N–H and O–H groups in total. The first-order valence-corrected chi connectivity index (χ1v) is 5.53. The Balaban J connectivity index is 2.07. The van der Waals surface area contributed by atoms with E-state index >= 15 is 0 Å². The monoisotopic (exact) mass is 227 g/mol. The average molecular weight is 228 g/mol. The number of halogens is 2. The lowest BCUT2D eigenvalue weighted by molar-refractivity contribution is 0.150. The molecule has 80 valence electrons. The van der Waals surface area contributed by atoms with Crippen LogP contribution in [0.3, 0.4) is 0 Å². The lowest BCUT2D eigenvalue weighted by Gasteiger charge is -2.25. The van der Waals surface area contributed by atoms with Crippen molar-refractivity contribution in [1.82, 2.24) is 5.32 Å². The number of rotatable bonds is 0. The molecular formula is C11H11ClFNO. The molecule has 2 heterocycles. The highest BCUT2D eigenvalue weighted by Gasteiger charge is 2.38. The number of benzene rings is 1. The maximum Gasteiger partial charge on any atom is 0.183 e. The maximum atomic E-state index is 13.7. The number of ether oxygens (including phenoxy) is 1. The van der Waals surface area contributed by atoms with Crippen LogP contribution in [0.15, 0.2) is 12.1 Å². The van der Waals surface area contributed by atoms with E-state index in [0.29, 0.717) is 5.75 Å². The maximum absolute atomic E-state index is 13.7. The van der Waals surface area contributed by atoms with Crippen LogP contribution in [0.2, 0.25) is 5.02 Å². The molecule has 3 rings (SSSR count). The van der Waals surface area contributed by atoms with Crippen LogP contribution in [0.4, 0.5) is 4.39 Å². The first-order valence-electron chi connectivity index (χ1n) is 5.15. The molecule has 2 atom stereocenters. The van der Waals surface area contributed by atoms with Crippen molar-refractivity contribution in [3.05, 3.63) is 28.5 Å². The Hall–Kier alpha value is -0.800. The number of hydrogen-bond donors (Lipinski definition) is 1. The normalized spacial score (nSPS) is 28.1. The fourth-order valence-corrected chi connectivity index (χ4v) is 2.51. The topological polar surface area (TPSA) is 21.3 Å². The molecule has 1 saturated heterocycles. The summed E-state index contributed by atoms with van der Waals surface area (Å²) in [6.07, 6.45) is 2.12. The van der Waals surface area contributed by atoms with Crippen LogP contribution in [0, 0.1) is 5.82 Å². The Morgan fingerprint density at radius 3 is 3.20 bits per heavy atom. The highest BCUT2D eigenvalue weighted by Crippen LogP contribution is 2.43. The van der Waals surface area contributed by atoms with Crippen LogP contribution in [0.1, 0.15) is 24.4 Å². The fourth-order valence-electron chi connectivity index (χ4n) is 2.36. The predicted molar refractivity (Wildman–Crippen MR) is 55.8 cm³/mol. The summed E-state index contributed by atoms with van der Waals surface area (Å²) >= 11 is 5.71. The summed E-state index contributed by atoms with van der Waals surface area (Å²) in [4.78, 5) is 0. The van der Waals surface area contributed by atoms with Gasteiger partial charge in [-0.05, 0) is 25.5 Å². The second-order valence-corrected chi connectivity index (χ2v) is 4.42. The van der Waals surface area contributed by atoms with Crippen LogP contribution in [0.25, 0.3) is 0 Å². The third kappa shape index (κ3) is 1.34. The smallest absolute Gasteiger partial charge is 0.183 e. The van der Waals surface area contributed by atoms with Gasteiger partial charge in [0.2, 0.25) is 0 Å². The molecule has 0 radical (unpaired) electrons. The van der Waals surface area contributed by atoms with E-state index in [0.717, 1.165) is 24.9 Å². The summed E-state index contributed by atoms with van der Waals surface area (Å²) in [5.74, 6) is -0.0859. The molecule has 2 aliphatic heterocycles. The van der Waals surface area contributed by atoms with Gasteiger partial charge in [-0.1, -0.05) is 17.7 Å². The van der Waals surface area contributed by atoms with Gasteiger partial charge in [0, 0.05) is 5.56 Å². The van der Waals surface area contributed by atoms with Gasteiger partial charge < -0.3 is 10.1 Å². The van der Waals surface area contributed by atoms with Crippen molar-refractivity contribution >= 4 is 11.6 Å². The van der Waals surface area contributed by atoms with Crippen molar-refractivity contribution in [3.63, 3.8) is 0 Å². The van der Waals surface area contributed by atoms with Crippen LogP contribution in [-0.4, -0.2) is 12.6 Å². The second kappa shape index (κ2) is 3.35. The third-order valence-electron chi connectivity index (χ3n) is 3.09. The minimum Gasteiger partial charge on any atom is -0.485 e. The molecule has 1 fully saturated rings. The van der Waals surface area contributed by atoms with E-state index in [1.54, 1.807) is 6.07 Å². The quantitative estimate of drug-likeness (QED) is 0.736. The number of nitrogens with one attached hydrogen (secondary N) is 1. The zero-order chi connectivity index (χ0) is 10.4. The zero-order valence-electron chi connectivity index (χ0n) is 8.09. The minimum atomic E-state index is -0.426. The molecule has 1 aromatic carbocycles. The number of fused-ring (bicyclic) bond motifs is 3. The van der Waals surface area contributed by atoms with Gasteiger partial charge in [0.15, 0.2) is 11.6 Å². The molecule has 0 spiro atoms. The van der Waals surface area contributed by atoms with Crippen molar-refractivity contribution in [2.75, 3.05) is 6.54 Å². The lowest BCUT2D eigenvalue weighted by atomic mass is 9.97. The van der Waals surface area contributed by atoms with Gasteiger partial charge in [0.05, 0.1) is 11.1 Å². The Labute approximate surface area is 92.4 Å².